The highest BCUT2D eigenvalue weighted by atomic mass is 16.6. The summed E-state index contributed by atoms with van der Waals surface area (Å²) in [6.45, 7) is 2.26. The van der Waals surface area contributed by atoms with Crippen LogP contribution >= 0.6 is 0 Å². The van der Waals surface area contributed by atoms with Gasteiger partial charge in [-0.1, -0.05) is 6.07 Å². The average molecular weight is 275 g/mol. The Hall–Kier alpha value is -1.98. The molecule has 5 nitrogen and oxygen atoms in total. The van der Waals surface area contributed by atoms with Gasteiger partial charge in [-0.3, -0.25) is 0 Å². The third-order valence-corrected chi connectivity index (χ3v) is 3.15. The van der Waals surface area contributed by atoms with E-state index >= 15 is 0 Å². The molecule has 1 aliphatic heterocycles. The summed E-state index contributed by atoms with van der Waals surface area (Å²) in [5.74, 6) is 2.14. The number of rotatable bonds is 5. The summed E-state index contributed by atoms with van der Waals surface area (Å²) >= 11 is 0. The lowest BCUT2D eigenvalue weighted by molar-refractivity contribution is 0.147. The predicted octanol–water partition coefficient (Wildman–Crippen LogP) is 1.87. The van der Waals surface area contributed by atoms with Crippen LogP contribution in [-0.2, 0) is 6.54 Å². The van der Waals surface area contributed by atoms with Crippen LogP contribution in [0.5, 0.6) is 11.5 Å². The molecule has 1 unspecified atom stereocenters. The molecule has 0 bridgehead atoms. The van der Waals surface area contributed by atoms with E-state index in [1.165, 1.54) is 0 Å². The highest BCUT2D eigenvalue weighted by Gasteiger charge is 2.12. The number of nitrogens with one attached hydrogen (secondary N) is 1. The summed E-state index contributed by atoms with van der Waals surface area (Å²) in [5, 5.41) is 13.1. The van der Waals surface area contributed by atoms with Crippen LogP contribution < -0.4 is 14.8 Å². The quantitative estimate of drug-likeness (QED) is 0.872. The Morgan fingerprint density at radius 2 is 2.00 bits per heavy atom. The summed E-state index contributed by atoms with van der Waals surface area (Å²) in [7, 11) is 0. The number of hydrogen-bond donors (Lipinski definition) is 2. The van der Waals surface area contributed by atoms with Gasteiger partial charge in [0.2, 0.25) is 0 Å². The molecule has 2 aromatic rings. The Morgan fingerprint density at radius 3 is 2.80 bits per heavy atom. The van der Waals surface area contributed by atoms with Crippen LogP contribution in [0.25, 0.3) is 0 Å². The zero-order chi connectivity index (χ0) is 13.8. The Kier molecular flexibility index (Phi) is 3.90. The van der Waals surface area contributed by atoms with Crippen molar-refractivity contribution >= 4 is 0 Å². The Balaban J connectivity index is 1.53. The number of hydrogen-bond acceptors (Lipinski definition) is 5. The van der Waals surface area contributed by atoms with Gasteiger partial charge in [-0.25, -0.2) is 0 Å². The molecule has 0 amide bonds. The number of aliphatic hydroxyl groups excluding tert-OH is 1. The molecule has 0 aliphatic carbocycles. The molecule has 106 valence electrons. The normalized spacial score (nSPS) is 15.1. The minimum absolute atomic E-state index is 0.432. The Bertz CT molecular complexity index is 553. The topological polar surface area (TPSA) is 63.9 Å². The van der Waals surface area contributed by atoms with E-state index in [1.54, 1.807) is 18.4 Å². The number of ether oxygens (including phenoxy) is 2. The molecule has 0 radical (unpaired) electrons. The molecule has 3 rings (SSSR count). The van der Waals surface area contributed by atoms with Crippen molar-refractivity contribution in [1.29, 1.82) is 0 Å². The maximum atomic E-state index is 9.88. The fourth-order valence-corrected chi connectivity index (χ4v) is 2.13. The van der Waals surface area contributed by atoms with E-state index in [-0.39, 0.29) is 0 Å². The van der Waals surface area contributed by atoms with E-state index < -0.39 is 6.10 Å². The molecule has 1 aliphatic rings. The van der Waals surface area contributed by atoms with Crippen molar-refractivity contribution in [3.8, 4) is 11.5 Å². The molecule has 5 heteroatoms. The molecule has 1 atom stereocenters. The van der Waals surface area contributed by atoms with Gasteiger partial charge >= 0.3 is 0 Å². The molecule has 0 fully saturated rings. The smallest absolute Gasteiger partial charge is 0.161 e. The van der Waals surface area contributed by atoms with E-state index in [0.717, 1.165) is 17.1 Å². The van der Waals surface area contributed by atoms with Gasteiger partial charge in [-0.05, 0) is 29.8 Å². The molecule has 0 saturated carbocycles. The van der Waals surface area contributed by atoms with E-state index in [2.05, 4.69) is 5.32 Å². The summed E-state index contributed by atoms with van der Waals surface area (Å²) in [6, 6.07) is 9.38. The lowest BCUT2D eigenvalue weighted by atomic mass is 10.2. The average Bonchev–Trinajstić information content (AvgIpc) is 3.01. The first-order valence-corrected chi connectivity index (χ1v) is 6.63. The van der Waals surface area contributed by atoms with Gasteiger partial charge in [0.25, 0.3) is 0 Å². The van der Waals surface area contributed by atoms with Crippen LogP contribution in [0.4, 0.5) is 0 Å². The number of fused-ring (bicyclic) bond motifs is 1. The third kappa shape index (κ3) is 2.95. The first-order chi connectivity index (χ1) is 9.83. The minimum atomic E-state index is -0.637. The maximum Gasteiger partial charge on any atom is 0.161 e. The van der Waals surface area contributed by atoms with Crippen LogP contribution in [0.1, 0.15) is 17.4 Å². The van der Waals surface area contributed by atoms with Gasteiger partial charge in [0, 0.05) is 13.1 Å². The van der Waals surface area contributed by atoms with Crippen molar-refractivity contribution < 1.29 is 19.0 Å². The molecular weight excluding hydrogens is 258 g/mol. The zero-order valence-corrected chi connectivity index (χ0v) is 11.0. The standard InChI is InChI=1S/C15H17NO4/c17-12(13-2-1-5-18-13)10-16-9-11-3-4-14-15(8-11)20-7-6-19-14/h1-5,8,12,16-17H,6-7,9-10H2. The van der Waals surface area contributed by atoms with Gasteiger partial charge in [0.15, 0.2) is 11.5 Å². The molecule has 2 heterocycles. The molecule has 1 aromatic heterocycles. The largest absolute Gasteiger partial charge is 0.486 e. The molecule has 2 N–H and O–H groups in total. The summed E-state index contributed by atoms with van der Waals surface area (Å²) in [4.78, 5) is 0. The second-order valence-electron chi connectivity index (χ2n) is 4.64. The lowest BCUT2D eigenvalue weighted by Crippen LogP contribution is -2.21. The lowest BCUT2D eigenvalue weighted by Gasteiger charge is -2.19. The van der Waals surface area contributed by atoms with E-state index in [0.29, 0.717) is 32.1 Å². The second kappa shape index (κ2) is 5.98. The summed E-state index contributed by atoms with van der Waals surface area (Å²) in [5.41, 5.74) is 1.08. The fourth-order valence-electron chi connectivity index (χ4n) is 2.13. The van der Waals surface area contributed by atoms with Crippen molar-refractivity contribution in [3.63, 3.8) is 0 Å². The van der Waals surface area contributed by atoms with Crippen LogP contribution in [-0.4, -0.2) is 24.9 Å². The first-order valence-electron chi connectivity index (χ1n) is 6.63. The highest BCUT2D eigenvalue weighted by Crippen LogP contribution is 2.30. The van der Waals surface area contributed by atoms with E-state index in [9.17, 15) is 5.11 Å². The zero-order valence-electron chi connectivity index (χ0n) is 11.0. The summed E-state index contributed by atoms with van der Waals surface area (Å²) in [6.07, 6.45) is 0.918. The molecule has 0 saturated heterocycles. The Labute approximate surface area is 117 Å². The van der Waals surface area contributed by atoms with Crippen LogP contribution in [0.15, 0.2) is 41.0 Å². The van der Waals surface area contributed by atoms with Gasteiger partial charge in [-0.2, -0.15) is 0 Å². The van der Waals surface area contributed by atoms with Crippen molar-refractivity contribution in [2.75, 3.05) is 19.8 Å². The van der Waals surface area contributed by atoms with Gasteiger partial charge in [0.05, 0.1) is 6.26 Å². The van der Waals surface area contributed by atoms with Crippen LogP contribution in [0, 0.1) is 0 Å². The Morgan fingerprint density at radius 1 is 1.15 bits per heavy atom. The monoisotopic (exact) mass is 275 g/mol. The van der Waals surface area contributed by atoms with Crippen molar-refractivity contribution in [2.24, 2.45) is 0 Å². The molecule has 0 spiro atoms. The number of furan rings is 1. The third-order valence-electron chi connectivity index (χ3n) is 3.15. The number of benzene rings is 1. The minimum Gasteiger partial charge on any atom is -0.486 e. The molecular formula is C15H17NO4. The van der Waals surface area contributed by atoms with Crippen LogP contribution in [0.3, 0.4) is 0 Å². The van der Waals surface area contributed by atoms with E-state index in [1.807, 2.05) is 18.2 Å². The fraction of sp³-hybridized carbons (Fsp3) is 0.333. The molecule has 20 heavy (non-hydrogen) atoms. The maximum absolute atomic E-state index is 9.88. The number of aliphatic hydroxyl groups is 1. The SMILES string of the molecule is OC(CNCc1ccc2c(c1)OCCO2)c1ccco1. The van der Waals surface area contributed by atoms with Crippen LogP contribution in [0.2, 0.25) is 0 Å². The first kappa shape index (κ1) is 13.0. The van der Waals surface area contributed by atoms with Gasteiger partial charge < -0.3 is 24.3 Å². The predicted molar refractivity (Wildman–Crippen MR) is 72.8 cm³/mol. The van der Waals surface area contributed by atoms with Crippen molar-refractivity contribution in [1.82, 2.24) is 5.32 Å². The molecule has 1 aromatic carbocycles. The van der Waals surface area contributed by atoms with Gasteiger partial charge in [-0.15, -0.1) is 0 Å². The highest BCUT2D eigenvalue weighted by molar-refractivity contribution is 5.43. The second-order valence-corrected chi connectivity index (χ2v) is 4.64. The van der Waals surface area contributed by atoms with Crippen molar-refractivity contribution in [3.05, 3.63) is 47.9 Å². The van der Waals surface area contributed by atoms with Gasteiger partial charge in [0.1, 0.15) is 25.1 Å². The summed E-state index contributed by atoms with van der Waals surface area (Å²) < 4.78 is 16.2. The van der Waals surface area contributed by atoms with E-state index in [4.69, 9.17) is 13.9 Å². The van der Waals surface area contributed by atoms with Crippen molar-refractivity contribution in [2.45, 2.75) is 12.6 Å².